The van der Waals surface area contributed by atoms with Gasteiger partial charge in [0.25, 0.3) is 0 Å². The van der Waals surface area contributed by atoms with Gasteiger partial charge in [0.2, 0.25) is 5.91 Å². The van der Waals surface area contributed by atoms with Crippen LogP contribution in [0.4, 0.5) is 0 Å². The summed E-state index contributed by atoms with van der Waals surface area (Å²) in [4.78, 5) is 14.3. The number of halogens is 2. The van der Waals surface area contributed by atoms with Crippen LogP contribution in [0.5, 0.6) is 0 Å². The van der Waals surface area contributed by atoms with Crippen LogP contribution in [0.15, 0.2) is 18.2 Å². The average Bonchev–Trinajstić information content (AvgIpc) is 2.46. The quantitative estimate of drug-likeness (QED) is 0.869. The Morgan fingerprint density at radius 1 is 1.30 bits per heavy atom. The number of nitrogens with two attached hydrogens (primary N) is 1. The van der Waals surface area contributed by atoms with Crippen molar-refractivity contribution in [2.45, 2.75) is 33.2 Å². The fourth-order valence-electron chi connectivity index (χ4n) is 2.33. The second kappa shape index (κ2) is 7.30. The highest BCUT2D eigenvalue weighted by atomic mass is 35.5. The summed E-state index contributed by atoms with van der Waals surface area (Å²) < 4.78 is 0. The molecule has 0 bridgehead atoms. The Hall–Kier alpha value is -0.770. The van der Waals surface area contributed by atoms with E-state index in [9.17, 15) is 4.79 Å². The summed E-state index contributed by atoms with van der Waals surface area (Å²) >= 11 is 12.2. The van der Waals surface area contributed by atoms with Crippen LogP contribution in [0.25, 0.3) is 0 Å². The predicted molar refractivity (Wildman–Crippen MR) is 85.0 cm³/mol. The number of nitrogens with zero attached hydrogens (tertiary/aromatic N) is 1. The summed E-state index contributed by atoms with van der Waals surface area (Å²) in [6.45, 7) is 4.77. The van der Waals surface area contributed by atoms with Gasteiger partial charge >= 0.3 is 0 Å². The van der Waals surface area contributed by atoms with Crippen molar-refractivity contribution in [2.75, 3.05) is 13.6 Å². The van der Waals surface area contributed by atoms with E-state index in [0.717, 1.165) is 18.4 Å². The first kappa shape index (κ1) is 17.3. The Balaban J connectivity index is 2.93. The van der Waals surface area contributed by atoms with Gasteiger partial charge < -0.3 is 10.6 Å². The van der Waals surface area contributed by atoms with E-state index < -0.39 is 5.41 Å². The lowest BCUT2D eigenvalue weighted by atomic mass is 9.81. The molecule has 112 valence electrons. The Morgan fingerprint density at radius 3 is 2.40 bits per heavy atom. The summed E-state index contributed by atoms with van der Waals surface area (Å²) in [6, 6.07) is 5.44. The van der Waals surface area contributed by atoms with Crippen LogP contribution in [0.1, 0.15) is 32.3 Å². The molecule has 0 saturated carbocycles. The Labute approximate surface area is 131 Å². The Kier molecular flexibility index (Phi) is 6.31. The second-order valence-electron chi connectivity index (χ2n) is 5.07. The van der Waals surface area contributed by atoms with Crippen molar-refractivity contribution in [3.8, 4) is 0 Å². The van der Waals surface area contributed by atoms with Gasteiger partial charge in [0.1, 0.15) is 0 Å². The standard InChI is InChI=1S/C15H22Cl2N2O/c1-4-15(5-2,10-18)14(20)19(3)9-11-7-6-8-12(16)13(11)17/h6-8H,4-5,9-10,18H2,1-3H3. The van der Waals surface area contributed by atoms with Crippen LogP contribution in [-0.4, -0.2) is 24.4 Å². The molecule has 0 aliphatic carbocycles. The van der Waals surface area contributed by atoms with Crippen molar-refractivity contribution in [2.24, 2.45) is 11.1 Å². The monoisotopic (exact) mass is 316 g/mol. The van der Waals surface area contributed by atoms with Crippen LogP contribution in [-0.2, 0) is 11.3 Å². The van der Waals surface area contributed by atoms with Crippen molar-refractivity contribution < 1.29 is 4.79 Å². The van der Waals surface area contributed by atoms with E-state index in [1.807, 2.05) is 26.0 Å². The molecule has 0 atom stereocenters. The molecule has 0 aliphatic heterocycles. The molecule has 0 saturated heterocycles. The maximum Gasteiger partial charge on any atom is 0.230 e. The zero-order chi connectivity index (χ0) is 15.3. The minimum absolute atomic E-state index is 0.0565. The minimum atomic E-state index is -0.486. The van der Waals surface area contributed by atoms with Crippen LogP contribution in [0.3, 0.4) is 0 Å². The SMILES string of the molecule is CCC(CC)(CN)C(=O)N(C)Cc1cccc(Cl)c1Cl. The summed E-state index contributed by atoms with van der Waals surface area (Å²) in [5.41, 5.74) is 6.17. The number of carbonyl (C=O) groups excluding carboxylic acids is 1. The molecule has 0 aromatic heterocycles. The topological polar surface area (TPSA) is 46.3 Å². The molecule has 20 heavy (non-hydrogen) atoms. The summed E-state index contributed by atoms with van der Waals surface area (Å²) in [7, 11) is 1.77. The van der Waals surface area contributed by atoms with E-state index in [1.54, 1.807) is 18.0 Å². The fourth-order valence-corrected chi connectivity index (χ4v) is 2.71. The molecule has 1 aromatic rings. The number of hydrogen-bond acceptors (Lipinski definition) is 2. The fraction of sp³-hybridized carbons (Fsp3) is 0.533. The lowest BCUT2D eigenvalue weighted by molar-refractivity contribution is -0.141. The van der Waals surface area contributed by atoms with Gasteiger partial charge in [0.05, 0.1) is 15.5 Å². The van der Waals surface area contributed by atoms with Crippen LogP contribution in [0, 0.1) is 5.41 Å². The molecule has 1 rings (SSSR count). The van der Waals surface area contributed by atoms with Gasteiger partial charge in [-0.15, -0.1) is 0 Å². The molecule has 5 heteroatoms. The van der Waals surface area contributed by atoms with Gasteiger partial charge in [0, 0.05) is 20.1 Å². The summed E-state index contributed by atoms with van der Waals surface area (Å²) in [5.74, 6) is 0.0565. The predicted octanol–water partition coefficient (Wildman–Crippen LogP) is 3.72. The normalized spacial score (nSPS) is 11.5. The van der Waals surface area contributed by atoms with E-state index in [1.165, 1.54) is 0 Å². The van der Waals surface area contributed by atoms with E-state index in [0.29, 0.717) is 23.1 Å². The molecule has 1 aromatic carbocycles. The first-order valence-corrected chi connectivity index (χ1v) is 7.56. The lowest BCUT2D eigenvalue weighted by Gasteiger charge is -2.33. The van der Waals surface area contributed by atoms with Gasteiger partial charge in [-0.25, -0.2) is 0 Å². The molecule has 0 fully saturated rings. The molecule has 0 aliphatic rings. The number of benzene rings is 1. The van der Waals surface area contributed by atoms with Crippen molar-refractivity contribution >= 4 is 29.1 Å². The average molecular weight is 317 g/mol. The zero-order valence-corrected chi connectivity index (χ0v) is 13.8. The number of amides is 1. The molecule has 1 amide bonds. The van der Waals surface area contributed by atoms with E-state index in [2.05, 4.69) is 0 Å². The third kappa shape index (κ3) is 3.46. The molecule has 3 nitrogen and oxygen atoms in total. The third-order valence-corrected chi connectivity index (χ3v) is 4.84. The third-order valence-electron chi connectivity index (χ3n) is 3.98. The zero-order valence-electron chi connectivity index (χ0n) is 12.2. The summed E-state index contributed by atoms with van der Waals surface area (Å²) in [6.07, 6.45) is 1.46. The molecule has 0 heterocycles. The molecule has 2 N–H and O–H groups in total. The second-order valence-corrected chi connectivity index (χ2v) is 5.85. The smallest absolute Gasteiger partial charge is 0.230 e. The van der Waals surface area contributed by atoms with Gasteiger partial charge in [-0.05, 0) is 24.5 Å². The van der Waals surface area contributed by atoms with E-state index in [-0.39, 0.29) is 5.91 Å². The van der Waals surface area contributed by atoms with E-state index in [4.69, 9.17) is 28.9 Å². The number of rotatable bonds is 6. The molecular weight excluding hydrogens is 295 g/mol. The Bertz CT molecular complexity index is 465. The summed E-state index contributed by atoms with van der Waals surface area (Å²) in [5, 5.41) is 1.00. The minimum Gasteiger partial charge on any atom is -0.341 e. The first-order valence-electron chi connectivity index (χ1n) is 6.80. The highest BCUT2D eigenvalue weighted by Crippen LogP contribution is 2.30. The highest BCUT2D eigenvalue weighted by molar-refractivity contribution is 6.42. The molecule has 0 spiro atoms. The number of carbonyl (C=O) groups is 1. The first-order chi connectivity index (χ1) is 9.41. The number of hydrogen-bond donors (Lipinski definition) is 1. The largest absolute Gasteiger partial charge is 0.341 e. The van der Waals surface area contributed by atoms with Gasteiger partial charge in [0.15, 0.2) is 0 Å². The van der Waals surface area contributed by atoms with E-state index >= 15 is 0 Å². The van der Waals surface area contributed by atoms with Crippen LogP contribution < -0.4 is 5.73 Å². The molecular formula is C15H22Cl2N2O. The maximum absolute atomic E-state index is 12.6. The van der Waals surface area contributed by atoms with Gasteiger partial charge in [-0.1, -0.05) is 49.2 Å². The lowest BCUT2D eigenvalue weighted by Crippen LogP contribution is -2.45. The van der Waals surface area contributed by atoms with Crippen molar-refractivity contribution in [1.29, 1.82) is 0 Å². The van der Waals surface area contributed by atoms with Crippen molar-refractivity contribution in [3.63, 3.8) is 0 Å². The highest BCUT2D eigenvalue weighted by Gasteiger charge is 2.35. The van der Waals surface area contributed by atoms with Crippen LogP contribution in [0.2, 0.25) is 10.0 Å². The Morgan fingerprint density at radius 2 is 1.90 bits per heavy atom. The molecule has 0 radical (unpaired) electrons. The van der Waals surface area contributed by atoms with Crippen LogP contribution >= 0.6 is 23.2 Å². The van der Waals surface area contributed by atoms with Gasteiger partial charge in [-0.2, -0.15) is 0 Å². The van der Waals surface area contributed by atoms with Crippen molar-refractivity contribution in [1.82, 2.24) is 4.90 Å². The maximum atomic E-state index is 12.6. The molecule has 0 unspecified atom stereocenters. The van der Waals surface area contributed by atoms with Crippen molar-refractivity contribution in [3.05, 3.63) is 33.8 Å². The van der Waals surface area contributed by atoms with Gasteiger partial charge in [-0.3, -0.25) is 4.79 Å².